The Labute approximate surface area is 127 Å². The van der Waals surface area contributed by atoms with Crippen molar-refractivity contribution in [2.75, 3.05) is 7.11 Å². The quantitative estimate of drug-likeness (QED) is 0.879. The lowest BCUT2D eigenvalue weighted by molar-refractivity contribution is 0.165. The van der Waals surface area contributed by atoms with E-state index in [1.807, 2.05) is 30.3 Å². The number of hydrogen-bond acceptors (Lipinski definition) is 3. The maximum atomic E-state index is 10.1. The number of aryl methyl sites for hydroxylation is 1. The average molecular weight is 336 g/mol. The average Bonchev–Trinajstić information content (AvgIpc) is 2.46. The number of aromatic nitrogens is 1. The Hall–Kier alpha value is -1.39. The number of benzene rings is 1. The molecule has 20 heavy (non-hydrogen) atoms. The van der Waals surface area contributed by atoms with Crippen LogP contribution in [0.2, 0.25) is 0 Å². The van der Waals surface area contributed by atoms with Crippen molar-refractivity contribution < 1.29 is 9.84 Å². The number of nitrogens with zero attached hydrogens (tertiary/aromatic N) is 1. The third-order valence-corrected chi connectivity index (χ3v) is 3.82. The van der Waals surface area contributed by atoms with Gasteiger partial charge in [-0.25, -0.2) is 0 Å². The molecule has 1 aromatic heterocycles. The molecule has 0 saturated carbocycles. The molecule has 0 bridgehead atoms. The van der Waals surface area contributed by atoms with Crippen LogP contribution in [0.5, 0.6) is 5.75 Å². The normalized spacial score (nSPS) is 12.2. The van der Waals surface area contributed by atoms with Crippen LogP contribution in [-0.4, -0.2) is 23.3 Å². The number of aliphatic hydroxyl groups is 1. The number of pyridine rings is 1. The van der Waals surface area contributed by atoms with Crippen LogP contribution in [0.25, 0.3) is 0 Å². The third kappa shape index (κ3) is 4.32. The number of ether oxygens (including phenoxy) is 1. The van der Waals surface area contributed by atoms with Crippen molar-refractivity contribution in [1.82, 2.24) is 4.98 Å². The van der Waals surface area contributed by atoms with E-state index in [0.29, 0.717) is 6.42 Å². The highest BCUT2D eigenvalue weighted by molar-refractivity contribution is 9.10. The Bertz CT molecular complexity index is 545. The van der Waals surface area contributed by atoms with Gasteiger partial charge in [-0.05, 0) is 70.6 Å². The van der Waals surface area contributed by atoms with Crippen molar-refractivity contribution >= 4 is 15.9 Å². The molecule has 0 aliphatic rings. The number of methoxy groups -OCH3 is 1. The van der Waals surface area contributed by atoms with Crippen LogP contribution < -0.4 is 4.74 Å². The largest absolute Gasteiger partial charge is 0.496 e. The molecule has 0 amide bonds. The van der Waals surface area contributed by atoms with Crippen LogP contribution in [-0.2, 0) is 12.8 Å². The van der Waals surface area contributed by atoms with Crippen LogP contribution in [0.4, 0.5) is 0 Å². The van der Waals surface area contributed by atoms with Crippen molar-refractivity contribution in [3.05, 3.63) is 58.3 Å². The zero-order chi connectivity index (χ0) is 14.4. The second-order valence-electron chi connectivity index (χ2n) is 4.72. The van der Waals surface area contributed by atoms with Crippen molar-refractivity contribution in [2.45, 2.75) is 25.4 Å². The fourth-order valence-electron chi connectivity index (χ4n) is 2.09. The smallest absolute Gasteiger partial charge is 0.133 e. The third-order valence-electron chi connectivity index (χ3n) is 3.20. The number of halogens is 1. The standard InChI is InChI=1S/C16H18BrNO2/c1-20-16-5-3-13(11-15(16)17)10-14(19)4-2-12-6-8-18-9-7-12/h3,5-9,11,14,19H,2,4,10H2,1H3. The van der Waals surface area contributed by atoms with E-state index in [4.69, 9.17) is 4.74 Å². The summed E-state index contributed by atoms with van der Waals surface area (Å²) < 4.78 is 6.11. The predicted molar refractivity (Wildman–Crippen MR) is 83.0 cm³/mol. The highest BCUT2D eigenvalue weighted by Gasteiger charge is 2.08. The van der Waals surface area contributed by atoms with Crippen LogP contribution in [0.3, 0.4) is 0 Å². The molecule has 1 aromatic carbocycles. The first-order chi connectivity index (χ1) is 9.69. The molecule has 1 unspecified atom stereocenters. The Morgan fingerprint density at radius 3 is 2.60 bits per heavy atom. The van der Waals surface area contributed by atoms with Crippen molar-refractivity contribution in [1.29, 1.82) is 0 Å². The van der Waals surface area contributed by atoms with Crippen LogP contribution in [0.1, 0.15) is 17.5 Å². The van der Waals surface area contributed by atoms with E-state index in [1.165, 1.54) is 5.56 Å². The minimum Gasteiger partial charge on any atom is -0.496 e. The first-order valence-corrected chi connectivity index (χ1v) is 7.37. The lowest BCUT2D eigenvalue weighted by atomic mass is 10.0. The van der Waals surface area contributed by atoms with Crippen LogP contribution in [0.15, 0.2) is 47.2 Å². The molecule has 4 heteroatoms. The number of aliphatic hydroxyl groups excluding tert-OH is 1. The van der Waals surface area contributed by atoms with Crippen molar-refractivity contribution in [3.63, 3.8) is 0 Å². The second-order valence-corrected chi connectivity index (χ2v) is 5.58. The van der Waals surface area contributed by atoms with E-state index in [9.17, 15) is 5.11 Å². The zero-order valence-electron chi connectivity index (χ0n) is 11.4. The monoisotopic (exact) mass is 335 g/mol. The second kappa shape index (κ2) is 7.41. The van der Waals surface area contributed by atoms with Gasteiger partial charge in [0.05, 0.1) is 17.7 Å². The summed E-state index contributed by atoms with van der Waals surface area (Å²) in [5.74, 6) is 0.806. The highest BCUT2D eigenvalue weighted by atomic mass is 79.9. The van der Waals surface area contributed by atoms with Gasteiger partial charge in [0.25, 0.3) is 0 Å². The summed E-state index contributed by atoms with van der Waals surface area (Å²) in [5, 5.41) is 10.1. The number of rotatable bonds is 6. The molecule has 0 saturated heterocycles. The van der Waals surface area contributed by atoms with E-state index in [1.54, 1.807) is 19.5 Å². The summed E-state index contributed by atoms with van der Waals surface area (Å²) in [6.07, 6.45) is 5.47. The molecule has 2 rings (SSSR count). The molecule has 2 aromatic rings. The minimum atomic E-state index is -0.344. The molecule has 0 radical (unpaired) electrons. The summed E-state index contributed by atoms with van der Waals surface area (Å²) in [4.78, 5) is 3.99. The van der Waals surface area contributed by atoms with Gasteiger partial charge in [0.2, 0.25) is 0 Å². The first-order valence-electron chi connectivity index (χ1n) is 6.58. The maximum absolute atomic E-state index is 10.1. The van der Waals surface area contributed by atoms with Crippen LogP contribution >= 0.6 is 15.9 Å². The van der Waals surface area contributed by atoms with Gasteiger partial charge in [0, 0.05) is 12.4 Å². The molecule has 0 spiro atoms. The lowest BCUT2D eigenvalue weighted by Gasteiger charge is -2.12. The molecule has 0 aliphatic carbocycles. The summed E-state index contributed by atoms with van der Waals surface area (Å²) in [6.45, 7) is 0. The molecular formula is C16H18BrNO2. The Kier molecular flexibility index (Phi) is 5.56. The SMILES string of the molecule is COc1ccc(CC(O)CCc2ccncc2)cc1Br. The fraction of sp³-hybridized carbons (Fsp3) is 0.312. The summed E-state index contributed by atoms with van der Waals surface area (Å²) in [6, 6.07) is 9.86. The summed E-state index contributed by atoms with van der Waals surface area (Å²) >= 11 is 3.46. The van der Waals surface area contributed by atoms with Crippen LogP contribution in [0, 0.1) is 0 Å². The molecule has 1 heterocycles. The Balaban J connectivity index is 1.88. The van der Waals surface area contributed by atoms with Gasteiger partial charge in [0.1, 0.15) is 5.75 Å². The summed E-state index contributed by atoms with van der Waals surface area (Å²) in [7, 11) is 1.64. The van der Waals surface area contributed by atoms with Gasteiger partial charge in [0.15, 0.2) is 0 Å². The zero-order valence-corrected chi connectivity index (χ0v) is 13.0. The van der Waals surface area contributed by atoms with E-state index in [2.05, 4.69) is 20.9 Å². The van der Waals surface area contributed by atoms with Crippen molar-refractivity contribution in [3.8, 4) is 5.75 Å². The van der Waals surface area contributed by atoms with Crippen molar-refractivity contribution in [2.24, 2.45) is 0 Å². The molecule has 0 fully saturated rings. The predicted octanol–water partition coefficient (Wildman–Crippen LogP) is 3.39. The Morgan fingerprint density at radius 1 is 1.20 bits per heavy atom. The molecular weight excluding hydrogens is 318 g/mol. The maximum Gasteiger partial charge on any atom is 0.133 e. The van der Waals surface area contributed by atoms with Gasteiger partial charge in [-0.3, -0.25) is 4.98 Å². The fourth-order valence-corrected chi connectivity index (χ4v) is 2.68. The van der Waals surface area contributed by atoms with E-state index in [0.717, 1.165) is 28.6 Å². The first kappa shape index (κ1) is 15.0. The lowest BCUT2D eigenvalue weighted by Crippen LogP contribution is -2.11. The van der Waals surface area contributed by atoms with Gasteiger partial charge in [-0.15, -0.1) is 0 Å². The minimum absolute atomic E-state index is 0.344. The molecule has 106 valence electrons. The highest BCUT2D eigenvalue weighted by Crippen LogP contribution is 2.26. The van der Waals surface area contributed by atoms with E-state index >= 15 is 0 Å². The molecule has 1 N–H and O–H groups in total. The molecule has 0 aliphatic heterocycles. The number of hydrogen-bond donors (Lipinski definition) is 1. The van der Waals surface area contributed by atoms with Gasteiger partial charge in [-0.2, -0.15) is 0 Å². The van der Waals surface area contributed by atoms with Gasteiger partial charge < -0.3 is 9.84 Å². The Morgan fingerprint density at radius 2 is 1.95 bits per heavy atom. The van der Waals surface area contributed by atoms with E-state index in [-0.39, 0.29) is 6.10 Å². The topological polar surface area (TPSA) is 42.4 Å². The molecule has 3 nitrogen and oxygen atoms in total. The van der Waals surface area contributed by atoms with Gasteiger partial charge in [-0.1, -0.05) is 6.07 Å². The summed E-state index contributed by atoms with van der Waals surface area (Å²) in [5.41, 5.74) is 2.30. The molecule has 1 atom stereocenters. The van der Waals surface area contributed by atoms with Gasteiger partial charge >= 0.3 is 0 Å². The van der Waals surface area contributed by atoms with E-state index < -0.39 is 0 Å².